The van der Waals surface area contributed by atoms with E-state index in [1.165, 1.54) is 22.8 Å². The number of carboxylic acid groups (broad SMARTS) is 1. The summed E-state index contributed by atoms with van der Waals surface area (Å²) in [6, 6.07) is 5.81. The largest absolute Gasteiger partial charge is 0.755 e. The highest BCUT2D eigenvalue weighted by atomic mass is 32.2. The number of carboxylic acids is 1. The summed E-state index contributed by atoms with van der Waals surface area (Å²) in [4.78, 5) is 27.3. The van der Waals surface area contributed by atoms with Crippen molar-refractivity contribution in [2.24, 2.45) is 5.73 Å². The van der Waals surface area contributed by atoms with E-state index in [0.29, 0.717) is 24.1 Å². The lowest BCUT2D eigenvalue weighted by molar-refractivity contribution is 0.0691. The molecular weight excluding hydrogens is 358 g/mol. The first-order chi connectivity index (χ1) is 12.4. The summed E-state index contributed by atoms with van der Waals surface area (Å²) in [6.07, 6.45) is 4.20. The van der Waals surface area contributed by atoms with Gasteiger partial charge in [0, 0.05) is 23.5 Å². The maximum atomic E-state index is 11.9. The molecule has 3 N–H and O–H groups in total. The number of fused-ring (bicyclic) bond motifs is 1. The second-order valence-corrected chi connectivity index (χ2v) is 6.77. The first-order valence-electron chi connectivity index (χ1n) is 7.86. The Morgan fingerprint density at radius 2 is 2.12 bits per heavy atom. The van der Waals surface area contributed by atoms with E-state index >= 15 is 0 Å². The third-order valence-corrected chi connectivity index (χ3v) is 5.30. The molecule has 0 spiro atoms. The van der Waals surface area contributed by atoms with Gasteiger partial charge in [-0.1, -0.05) is 6.07 Å². The second kappa shape index (κ2) is 7.22. The minimum Gasteiger partial charge on any atom is -0.755 e. The molecule has 8 nitrogen and oxygen atoms in total. The number of benzene rings is 1. The van der Waals surface area contributed by atoms with E-state index in [2.05, 4.69) is 4.98 Å². The van der Waals surface area contributed by atoms with Crippen LogP contribution >= 0.6 is 0 Å². The Morgan fingerprint density at radius 1 is 1.35 bits per heavy atom. The zero-order valence-corrected chi connectivity index (χ0v) is 14.4. The maximum Gasteiger partial charge on any atom is 0.336 e. The van der Waals surface area contributed by atoms with Crippen molar-refractivity contribution in [2.75, 3.05) is 4.31 Å². The number of carbonyl (C=O) groups is 2. The average Bonchev–Trinajstić information content (AvgIpc) is 2.61. The highest BCUT2D eigenvalue weighted by Crippen LogP contribution is 2.32. The van der Waals surface area contributed by atoms with E-state index in [-0.39, 0.29) is 17.5 Å². The number of pyridine rings is 1. The van der Waals surface area contributed by atoms with Gasteiger partial charge in [-0.2, -0.15) is 0 Å². The highest BCUT2D eigenvalue weighted by molar-refractivity contribution is 7.80. The van der Waals surface area contributed by atoms with E-state index < -0.39 is 29.2 Å². The van der Waals surface area contributed by atoms with Crippen LogP contribution < -0.4 is 10.0 Å². The molecule has 1 amide bonds. The van der Waals surface area contributed by atoms with Gasteiger partial charge in [0.1, 0.15) is 0 Å². The van der Waals surface area contributed by atoms with E-state index in [1.807, 2.05) is 0 Å². The summed E-state index contributed by atoms with van der Waals surface area (Å²) in [6.45, 7) is 0. The number of hydrogen-bond acceptors (Lipinski definition) is 5. The predicted octanol–water partition coefficient (Wildman–Crippen LogP) is 1.04. The molecule has 0 aliphatic heterocycles. The van der Waals surface area contributed by atoms with Crippen molar-refractivity contribution in [3.05, 3.63) is 58.9 Å². The molecule has 3 rings (SSSR count). The summed E-state index contributed by atoms with van der Waals surface area (Å²) in [5, 5.41) is 9.33. The summed E-state index contributed by atoms with van der Waals surface area (Å²) in [5.74, 6) is -2.09. The Kier molecular flexibility index (Phi) is 5.01. The van der Waals surface area contributed by atoms with Crippen LogP contribution in [0.25, 0.3) is 0 Å². The number of aromatic carboxylic acids is 1. The van der Waals surface area contributed by atoms with Gasteiger partial charge in [0.05, 0.1) is 23.0 Å². The Morgan fingerprint density at radius 3 is 2.69 bits per heavy atom. The number of nitrogens with two attached hydrogens (primary N) is 1. The number of rotatable bonds is 5. The number of hydrogen-bond donors (Lipinski definition) is 2. The fourth-order valence-electron chi connectivity index (χ4n) is 3.38. The molecule has 0 radical (unpaired) electrons. The molecule has 2 unspecified atom stereocenters. The normalized spacial score (nSPS) is 17.2. The first-order valence-corrected chi connectivity index (χ1v) is 8.89. The summed E-state index contributed by atoms with van der Waals surface area (Å²) in [5.41, 5.74) is 6.90. The number of anilines is 1. The van der Waals surface area contributed by atoms with Crippen LogP contribution in [-0.4, -0.2) is 36.8 Å². The van der Waals surface area contributed by atoms with Gasteiger partial charge in [0.2, 0.25) is 5.91 Å². The Hall–Kier alpha value is -2.78. The number of aromatic nitrogens is 1. The van der Waals surface area contributed by atoms with Crippen molar-refractivity contribution in [3.8, 4) is 0 Å². The monoisotopic (exact) mass is 374 g/mol. The quantitative estimate of drug-likeness (QED) is 0.750. The first kappa shape index (κ1) is 18.0. The molecule has 136 valence electrons. The lowest BCUT2D eigenvalue weighted by Crippen LogP contribution is -2.41. The molecule has 0 bridgehead atoms. The van der Waals surface area contributed by atoms with Gasteiger partial charge in [-0.15, -0.1) is 0 Å². The minimum absolute atomic E-state index is 0.0532. The standard InChI is InChI=1S/C17H17N3O5S/c18-16(21)15-13(17(22)23)6-4-10-3-5-11(8-14(10)15)20(26(24)25)12-2-1-7-19-9-12/h1-2,4,6-7,9,11H,3,5,8H2,(H2,18,21)(H,22,23)(H,24,25)/p-1. The summed E-state index contributed by atoms with van der Waals surface area (Å²) >= 11 is -2.55. The SMILES string of the molecule is NC(=O)c1c(C(=O)O)ccc2c1CC(N(c1cccnc1)S(=O)[O-])CC2. The van der Waals surface area contributed by atoms with Crippen LogP contribution in [0.1, 0.15) is 38.3 Å². The van der Waals surface area contributed by atoms with Crippen LogP contribution in [0.2, 0.25) is 0 Å². The van der Waals surface area contributed by atoms with Gasteiger partial charge >= 0.3 is 5.97 Å². The molecule has 26 heavy (non-hydrogen) atoms. The van der Waals surface area contributed by atoms with Gasteiger partial charge in [-0.05, 0) is 48.6 Å². The van der Waals surface area contributed by atoms with Crippen LogP contribution in [-0.2, 0) is 24.1 Å². The molecule has 1 aromatic heterocycles. The van der Waals surface area contributed by atoms with E-state index in [0.717, 1.165) is 5.56 Å². The smallest absolute Gasteiger partial charge is 0.336 e. The highest BCUT2D eigenvalue weighted by Gasteiger charge is 2.30. The van der Waals surface area contributed by atoms with E-state index in [9.17, 15) is 23.5 Å². The van der Waals surface area contributed by atoms with Gasteiger partial charge in [-0.3, -0.25) is 18.3 Å². The van der Waals surface area contributed by atoms with Gasteiger partial charge < -0.3 is 15.4 Å². The molecule has 9 heteroatoms. The van der Waals surface area contributed by atoms with Crippen LogP contribution in [0.15, 0.2) is 36.7 Å². The molecular formula is C17H16N3O5S-. The molecule has 1 aromatic carbocycles. The predicted molar refractivity (Wildman–Crippen MR) is 93.4 cm³/mol. The second-order valence-electron chi connectivity index (χ2n) is 5.95. The number of primary amides is 1. The molecule has 2 aromatic rings. The van der Waals surface area contributed by atoms with E-state index in [1.54, 1.807) is 18.2 Å². The molecule has 0 saturated carbocycles. The Balaban J connectivity index is 2.05. The third-order valence-electron chi connectivity index (χ3n) is 4.47. The van der Waals surface area contributed by atoms with Crippen LogP contribution in [0.4, 0.5) is 5.69 Å². The topological polar surface area (TPSA) is 137 Å². The minimum atomic E-state index is -2.55. The van der Waals surface area contributed by atoms with Crippen molar-refractivity contribution in [1.82, 2.24) is 4.98 Å². The van der Waals surface area contributed by atoms with Crippen molar-refractivity contribution in [1.29, 1.82) is 0 Å². The Bertz CT molecular complexity index is 887. The number of nitrogens with zero attached hydrogens (tertiary/aromatic N) is 2. The zero-order valence-electron chi connectivity index (χ0n) is 13.6. The molecule has 1 aliphatic rings. The fraction of sp³-hybridized carbons (Fsp3) is 0.235. The number of amides is 1. The third kappa shape index (κ3) is 3.31. The van der Waals surface area contributed by atoms with Crippen LogP contribution in [0.5, 0.6) is 0 Å². The van der Waals surface area contributed by atoms with Crippen molar-refractivity contribution in [2.45, 2.75) is 25.3 Å². The number of carbonyl (C=O) groups excluding carboxylic acids is 1. The molecule has 1 heterocycles. The maximum absolute atomic E-state index is 11.9. The number of aryl methyl sites for hydroxylation is 1. The van der Waals surface area contributed by atoms with Gasteiger partial charge in [-0.25, -0.2) is 4.79 Å². The van der Waals surface area contributed by atoms with Gasteiger partial charge in [0.25, 0.3) is 0 Å². The van der Waals surface area contributed by atoms with Crippen molar-refractivity contribution < 1.29 is 23.5 Å². The zero-order chi connectivity index (χ0) is 18.8. The lowest BCUT2D eigenvalue weighted by Gasteiger charge is -2.37. The van der Waals surface area contributed by atoms with Gasteiger partial charge in [0.15, 0.2) is 0 Å². The summed E-state index contributed by atoms with van der Waals surface area (Å²) in [7, 11) is 0. The van der Waals surface area contributed by atoms with E-state index in [4.69, 9.17) is 5.73 Å². The fourth-order valence-corrected chi connectivity index (χ4v) is 4.08. The van der Waals surface area contributed by atoms with Crippen LogP contribution in [0, 0.1) is 0 Å². The molecule has 0 saturated heterocycles. The summed E-state index contributed by atoms with van der Waals surface area (Å²) < 4.78 is 24.8. The lowest BCUT2D eigenvalue weighted by atomic mass is 9.83. The molecule has 1 aliphatic carbocycles. The van der Waals surface area contributed by atoms with Crippen molar-refractivity contribution in [3.63, 3.8) is 0 Å². The Labute approximate surface area is 152 Å². The van der Waals surface area contributed by atoms with Crippen molar-refractivity contribution >= 4 is 28.8 Å². The average molecular weight is 374 g/mol. The molecule has 0 fully saturated rings. The molecule has 2 atom stereocenters. The van der Waals surface area contributed by atoms with Crippen LogP contribution in [0.3, 0.4) is 0 Å².